The first-order chi connectivity index (χ1) is 9.68. The summed E-state index contributed by atoms with van der Waals surface area (Å²) in [5.41, 5.74) is 10.8. The van der Waals surface area contributed by atoms with Gasteiger partial charge in [-0.1, -0.05) is 12.1 Å². The molecule has 2 aromatic heterocycles. The number of anilines is 1. The van der Waals surface area contributed by atoms with Crippen molar-refractivity contribution in [2.45, 2.75) is 6.92 Å². The summed E-state index contributed by atoms with van der Waals surface area (Å²) in [4.78, 5) is 8.91. The van der Waals surface area contributed by atoms with Crippen molar-refractivity contribution >= 4 is 30.5 Å². The van der Waals surface area contributed by atoms with Gasteiger partial charge in [0.2, 0.25) is 0 Å². The van der Waals surface area contributed by atoms with Crippen molar-refractivity contribution in [2.75, 3.05) is 5.73 Å². The molecule has 2 heterocycles. The molecule has 22 heavy (non-hydrogen) atoms. The number of benzene rings is 1. The number of aromatic nitrogens is 3. The van der Waals surface area contributed by atoms with Crippen molar-refractivity contribution in [1.29, 1.82) is 0 Å². The van der Waals surface area contributed by atoms with Crippen molar-refractivity contribution in [2.24, 2.45) is 7.05 Å². The molecule has 116 valence electrons. The standard InChI is InChI=1S/C16H16N4.2ClH/c1-11-15(12-6-5-9-18-10-12)19-16(20(11)2)13-7-3-4-8-14(13)17;;/h3-10H,17H2,1-2H3;2*1H. The van der Waals surface area contributed by atoms with Gasteiger partial charge in [-0.2, -0.15) is 0 Å². The normalized spacial score (nSPS) is 9.73. The Hall–Kier alpha value is -2.04. The Morgan fingerprint density at radius 2 is 1.77 bits per heavy atom. The molecule has 0 bridgehead atoms. The molecule has 6 heteroatoms. The summed E-state index contributed by atoms with van der Waals surface area (Å²) in [7, 11) is 2.00. The number of hydrogen-bond acceptors (Lipinski definition) is 3. The summed E-state index contributed by atoms with van der Waals surface area (Å²) in [6, 6.07) is 11.7. The number of pyridine rings is 1. The maximum absolute atomic E-state index is 6.05. The highest BCUT2D eigenvalue weighted by Gasteiger charge is 2.15. The summed E-state index contributed by atoms with van der Waals surface area (Å²) in [6.07, 6.45) is 3.59. The molecule has 0 fully saturated rings. The fourth-order valence-electron chi connectivity index (χ4n) is 2.30. The maximum atomic E-state index is 6.05. The zero-order valence-electron chi connectivity index (χ0n) is 12.4. The third-order valence-electron chi connectivity index (χ3n) is 3.52. The fraction of sp³-hybridized carbons (Fsp3) is 0.125. The Morgan fingerprint density at radius 3 is 2.41 bits per heavy atom. The van der Waals surface area contributed by atoms with Gasteiger partial charge in [0.1, 0.15) is 5.82 Å². The van der Waals surface area contributed by atoms with Gasteiger partial charge < -0.3 is 10.3 Å². The average Bonchev–Trinajstić information content (AvgIpc) is 2.77. The van der Waals surface area contributed by atoms with Gasteiger partial charge in [0.15, 0.2) is 0 Å². The summed E-state index contributed by atoms with van der Waals surface area (Å²) < 4.78 is 2.06. The Kier molecular flexibility index (Phi) is 5.97. The summed E-state index contributed by atoms with van der Waals surface area (Å²) in [6.45, 7) is 2.05. The van der Waals surface area contributed by atoms with E-state index in [1.807, 2.05) is 49.6 Å². The minimum atomic E-state index is 0. The van der Waals surface area contributed by atoms with Crippen LogP contribution in [-0.4, -0.2) is 14.5 Å². The molecule has 0 spiro atoms. The second-order valence-electron chi connectivity index (χ2n) is 4.76. The zero-order chi connectivity index (χ0) is 14.1. The first kappa shape index (κ1) is 18.0. The van der Waals surface area contributed by atoms with Crippen molar-refractivity contribution < 1.29 is 0 Å². The van der Waals surface area contributed by atoms with Crippen LogP contribution in [0.25, 0.3) is 22.6 Å². The molecule has 2 N–H and O–H groups in total. The number of halogens is 2. The van der Waals surface area contributed by atoms with Gasteiger partial charge in [0.25, 0.3) is 0 Å². The highest BCUT2D eigenvalue weighted by atomic mass is 35.5. The largest absolute Gasteiger partial charge is 0.398 e. The molecule has 3 rings (SSSR count). The lowest BCUT2D eigenvalue weighted by Gasteiger charge is -2.05. The van der Waals surface area contributed by atoms with Crippen LogP contribution in [-0.2, 0) is 7.05 Å². The van der Waals surface area contributed by atoms with Gasteiger partial charge in [-0.25, -0.2) is 4.98 Å². The molecule has 4 nitrogen and oxygen atoms in total. The predicted molar refractivity (Wildman–Crippen MR) is 95.5 cm³/mol. The molecule has 0 radical (unpaired) electrons. The minimum Gasteiger partial charge on any atom is -0.398 e. The van der Waals surface area contributed by atoms with E-state index in [-0.39, 0.29) is 24.8 Å². The van der Waals surface area contributed by atoms with Crippen LogP contribution in [0.5, 0.6) is 0 Å². The summed E-state index contributed by atoms with van der Waals surface area (Å²) in [5.74, 6) is 0.874. The van der Waals surface area contributed by atoms with E-state index >= 15 is 0 Å². The number of imidazole rings is 1. The van der Waals surface area contributed by atoms with Crippen LogP contribution in [0.1, 0.15) is 5.69 Å². The minimum absolute atomic E-state index is 0. The van der Waals surface area contributed by atoms with Crippen LogP contribution < -0.4 is 5.73 Å². The topological polar surface area (TPSA) is 56.7 Å². The van der Waals surface area contributed by atoms with E-state index < -0.39 is 0 Å². The zero-order valence-corrected chi connectivity index (χ0v) is 14.0. The lowest BCUT2D eigenvalue weighted by atomic mass is 10.1. The fourth-order valence-corrected chi connectivity index (χ4v) is 2.30. The van der Waals surface area contributed by atoms with Crippen LogP contribution in [0.4, 0.5) is 5.69 Å². The number of nitrogens with two attached hydrogens (primary N) is 1. The number of nitrogen functional groups attached to an aromatic ring is 1. The quantitative estimate of drug-likeness (QED) is 0.722. The number of para-hydroxylation sites is 1. The second kappa shape index (κ2) is 7.29. The smallest absolute Gasteiger partial charge is 0.142 e. The second-order valence-corrected chi connectivity index (χ2v) is 4.76. The molecule has 3 aromatic rings. The molecule has 0 saturated heterocycles. The average molecular weight is 337 g/mol. The third kappa shape index (κ3) is 3.08. The Balaban J connectivity index is 0.00000121. The molecule has 0 atom stereocenters. The lowest BCUT2D eigenvalue weighted by Crippen LogP contribution is -1.97. The molecule has 0 aliphatic heterocycles. The summed E-state index contributed by atoms with van der Waals surface area (Å²) >= 11 is 0. The van der Waals surface area contributed by atoms with Crippen molar-refractivity contribution in [1.82, 2.24) is 14.5 Å². The van der Waals surface area contributed by atoms with E-state index in [1.54, 1.807) is 6.20 Å². The Labute approximate surface area is 142 Å². The molecule has 0 amide bonds. The molecule has 0 unspecified atom stereocenters. The van der Waals surface area contributed by atoms with Gasteiger partial charge in [-0.15, -0.1) is 24.8 Å². The van der Waals surface area contributed by atoms with Crippen molar-refractivity contribution in [3.05, 3.63) is 54.5 Å². The van der Waals surface area contributed by atoms with E-state index in [4.69, 9.17) is 10.7 Å². The molecular weight excluding hydrogens is 319 g/mol. The van der Waals surface area contributed by atoms with E-state index in [0.29, 0.717) is 0 Å². The third-order valence-corrected chi connectivity index (χ3v) is 3.52. The van der Waals surface area contributed by atoms with E-state index in [9.17, 15) is 0 Å². The number of hydrogen-bond donors (Lipinski definition) is 1. The van der Waals surface area contributed by atoms with E-state index in [1.165, 1.54) is 0 Å². The first-order valence-corrected chi connectivity index (χ1v) is 6.47. The van der Waals surface area contributed by atoms with Gasteiger partial charge in [-0.05, 0) is 31.2 Å². The van der Waals surface area contributed by atoms with Crippen LogP contribution in [0.15, 0.2) is 48.8 Å². The number of nitrogens with zero attached hydrogens (tertiary/aromatic N) is 3. The van der Waals surface area contributed by atoms with Gasteiger partial charge in [0.05, 0.1) is 5.69 Å². The highest BCUT2D eigenvalue weighted by Crippen LogP contribution is 2.30. The van der Waals surface area contributed by atoms with Gasteiger partial charge in [-0.3, -0.25) is 4.98 Å². The van der Waals surface area contributed by atoms with Crippen LogP contribution in [0, 0.1) is 6.92 Å². The van der Waals surface area contributed by atoms with Crippen molar-refractivity contribution in [3.8, 4) is 22.6 Å². The predicted octanol–water partition coefficient (Wildman–Crippen LogP) is 3.88. The Bertz CT molecular complexity index is 754. The molecular formula is C16H18Cl2N4. The van der Waals surface area contributed by atoms with Crippen LogP contribution in [0.2, 0.25) is 0 Å². The monoisotopic (exact) mass is 336 g/mol. The SMILES string of the molecule is Cc1c(-c2cccnc2)nc(-c2ccccc2N)n1C.Cl.Cl. The summed E-state index contributed by atoms with van der Waals surface area (Å²) in [5, 5.41) is 0. The molecule has 1 aromatic carbocycles. The van der Waals surface area contributed by atoms with Crippen molar-refractivity contribution in [3.63, 3.8) is 0 Å². The lowest BCUT2D eigenvalue weighted by molar-refractivity contribution is 0.885. The van der Waals surface area contributed by atoms with E-state index in [2.05, 4.69) is 16.5 Å². The van der Waals surface area contributed by atoms with Crippen LogP contribution in [0.3, 0.4) is 0 Å². The maximum Gasteiger partial charge on any atom is 0.142 e. The van der Waals surface area contributed by atoms with Gasteiger partial charge in [0, 0.05) is 41.9 Å². The first-order valence-electron chi connectivity index (χ1n) is 6.47. The highest BCUT2D eigenvalue weighted by molar-refractivity contribution is 5.85. The number of rotatable bonds is 2. The molecule has 0 saturated carbocycles. The molecule has 0 aliphatic rings. The van der Waals surface area contributed by atoms with E-state index in [0.717, 1.165) is 34.0 Å². The Morgan fingerprint density at radius 1 is 1.05 bits per heavy atom. The van der Waals surface area contributed by atoms with Crippen LogP contribution >= 0.6 is 24.8 Å². The van der Waals surface area contributed by atoms with Gasteiger partial charge >= 0.3 is 0 Å². The molecule has 0 aliphatic carbocycles.